The number of carbonyl (C=O) groups is 1. The second kappa shape index (κ2) is 7.92. The van der Waals surface area contributed by atoms with Gasteiger partial charge in [-0.1, -0.05) is 26.7 Å². The van der Waals surface area contributed by atoms with Gasteiger partial charge in [0.1, 0.15) is 0 Å². The number of hydrogen-bond donors (Lipinski definition) is 2. The van der Waals surface area contributed by atoms with Crippen LogP contribution in [-0.4, -0.2) is 23.4 Å². The lowest BCUT2D eigenvalue weighted by molar-refractivity contribution is 0.0957. The zero-order valence-electron chi connectivity index (χ0n) is 13.1. The standard InChI is InChI=1S/C16H27N3OS/c1-12(2)9-10-19(13-5-3-4-6-13)11-14-7-8-15(21-14)16(20)18-17/h7-8,12-13H,3-6,9-11,17H2,1-2H3,(H,18,20). The van der Waals surface area contributed by atoms with Crippen molar-refractivity contribution in [2.45, 2.75) is 58.5 Å². The predicted octanol–water partition coefficient (Wildman–Crippen LogP) is 3.14. The lowest BCUT2D eigenvalue weighted by Gasteiger charge is -2.29. The number of thiophene rings is 1. The number of rotatable bonds is 7. The molecule has 0 bridgehead atoms. The van der Waals surface area contributed by atoms with Gasteiger partial charge >= 0.3 is 0 Å². The number of hydrogen-bond acceptors (Lipinski definition) is 4. The summed E-state index contributed by atoms with van der Waals surface area (Å²) in [5.41, 5.74) is 2.20. The quantitative estimate of drug-likeness (QED) is 0.462. The average molecular weight is 309 g/mol. The molecule has 5 heteroatoms. The zero-order chi connectivity index (χ0) is 15.2. The zero-order valence-corrected chi connectivity index (χ0v) is 13.9. The summed E-state index contributed by atoms with van der Waals surface area (Å²) in [6.45, 7) is 6.67. The van der Waals surface area contributed by atoms with Crippen molar-refractivity contribution >= 4 is 17.2 Å². The Kier molecular flexibility index (Phi) is 6.21. The number of nitrogens with two attached hydrogens (primary N) is 1. The smallest absolute Gasteiger partial charge is 0.275 e. The Labute approximate surface area is 131 Å². The van der Waals surface area contributed by atoms with E-state index in [0.717, 1.165) is 25.0 Å². The summed E-state index contributed by atoms with van der Waals surface area (Å²) in [4.78, 5) is 16.1. The van der Waals surface area contributed by atoms with Crippen LogP contribution in [0.2, 0.25) is 0 Å². The first-order chi connectivity index (χ1) is 10.1. The van der Waals surface area contributed by atoms with E-state index in [-0.39, 0.29) is 5.91 Å². The molecule has 0 spiro atoms. The van der Waals surface area contributed by atoms with Gasteiger partial charge in [0.15, 0.2) is 0 Å². The van der Waals surface area contributed by atoms with Crippen molar-refractivity contribution in [3.63, 3.8) is 0 Å². The van der Waals surface area contributed by atoms with Gasteiger partial charge in [0.2, 0.25) is 0 Å². The average Bonchev–Trinajstić information content (AvgIpc) is 3.13. The van der Waals surface area contributed by atoms with Gasteiger partial charge in [-0.05, 0) is 43.9 Å². The molecule has 21 heavy (non-hydrogen) atoms. The van der Waals surface area contributed by atoms with Crippen molar-refractivity contribution < 1.29 is 4.79 Å². The third kappa shape index (κ3) is 4.80. The van der Waals surface area contributed by atoms with Crippen molar-refractivity contribution in [2.75, 3.05) is 6.54 Å². The maximum Gasteiger partial charge on any atom is 0.275 e. The molecule has 1 saturated carbocycles. The van der Waals surface area contributed by atoms with E-state index < -0.39 is 0 Å². The maximum atomic E-state index is 11.5. The molecule has 0 radical (unpaired) electrons. The highest BCUT2D eigenvalue weighted by atomic mass is 32.1. The summed E-state index contributed by atoms with van der Waals surface area (Å²) in [5, 5.41) is 0. The number of carbonyl (C=O) groups excluding carboxylic acids is 1. The number of hydrazine groups is 1. The first kappa shape index (κ1) is 16.5. The molecule has 4 nitrogen and oxygen atoms in total. The molecule has 0 aliphatic heterocycles. The van der Waals surface area contributed by atoms with Crippen molar-refractivity contribution in [3.8, 4) is 0 Å². The largest absolute Gasteiger partial charge is 0.295 e. The lowest BCUT2D eigenvalue weighted by Crippen LogP contribution is -2.34. The molecule has 1 heterocycles. The van der Waals surface area contributed by atoms with Crippen LogP contribution in [0.4, 0.5) is 0 Å². The van der Waals surface area contributed by atoms with Crippen molar-refractivity contribution in [2.24, 2.45) is 11.8 Å². The monoisotopic (exact) mass is 309 g/mol. The highest BCUT2D eigenvalue weighted by Crippen LogP contribution is 2.27. The maximum absolute atomic E-state index is 11.5. The fourth-order valence-corrected chi connectivity index (χ4v) is 3.88. The summed E-state index contributed by atoms with van der Waals surface area (Å²) in [6, 6.07) is 4.65. The third-order valence-corrected chi connectivity index (χ3v) is 5.28. The van der Waals surface area contributed by atoms with Crippen LogP contribution < -0.4 is 11.3 Å². The molecular weight excluding hydrogens is 282 g/mol. The van der Waals surface area contributed by atoms with Gasteiger partial charge in [-0.3, -0.25) is 15.1 Å². The molecule has 2 rings (SSSR count). The van der Waals surface area contributed by atoms with Gasteiger partial charge in [-0.25, -0.2) is 5.84 Å². The normalized spacial score (nSPS) is 16.0. The van der Waals surface area contributed by atoms with Crippen LogP contribution in [0.15, 0.2) is 12.1 Å². The van der Waals surface area contributed by atoms with Crippen LogP contribution in [0.25, 0.3) is 0 Å². The Morgan fingerprint density at radius 2 is 2.14 bits per heavy atom. The Morgan fingerprint density at radius 1 is 1.43 bits per heavy atom. The molecule has 3 N–H and O–H groups in total. The Morgan fingerprint density at radius 3 is 2.76 bits per heavy atom. The van der Waals surface area contributed by atoms with Crippen LogP contribution in [0.3, 0.4) is 0 Å². The molecule has 118 valence electrons. The summed E-state index contributed by atoms with van der Waals surface area (Å²) in [7, 11) is 0. The topological polar surface area (TPSA) is 58.4 Å². The number of nitrogen functional groups attached to an aromatic ring is 1. The van der Waals surface area contributed by atoms with Crippen molar-refractivity contribution in [3.05, 3.63) is 21.9 Å². The Balaban J connectivity index is 1.99. The van der Waals surface area contributed by atoms with Crippen LogP contribution >= 0.6 is 11.3 Å². The number of nitrogens with zero attached hydrogens (tertiary/aromatic N) is 1. The van der Waals surface area contributed by atoms with Crippen LogP contribution in [-0.2, 0) is 6.54 Å². The highest BCUT2D eigenvalue weighted by molar-refractivity contribution is 7.14. The van der Waals surface area contributed by atoms with Gasteiger partial charge in [-0.15, -0.1) is 11.3 Å². The fraction of sp³-hybridized carbons (Fsp3) is 0.688. The number of amides is 1. The Bertz CT molecular complexity index is 452. The summed E-state index contributed by atoms with van der Waals surface area (Å²) in [5.74, 6) is 5.73. The third-order valence-electron chi connectivity index (χ3n) is 4.21. The van der Waals surface area contributed by atoms with Crippen LogP contribution in [0, 0.1) is 5.92 Å². The molecule has 1 aliphatic carbocycles. The van der Waals surface area contributed by atoms with E-state index in [4.69, 9.17) is 5.84 Å². The first-order valence-corrected chi connectivity index (χ1v) is 8.75. The van der Waals surface area contributed by atoms with Gasteiger partial charge in [0, 0.05) is 17.5 Å². The van der Waals surface area contributed by atoms with Crippen LogP contribution in [0.5, 0.6) is 0 Å². The number of nitrogens with one attached hydrogen (secondary N) is 1. The van der Waals surface area contributed by atoms with E-state index in [2.05, 4.69) is 30.2 Å². The first-order valence-electron chi connectivity index (χ1n) is 7.94. The molecule has 1 amide bonds. The van der Waals surface area contributed by atoms with Crippen LogP contribution in [0.1, 0.15) is 60.5 Å². The van der Waals surface area contributed by atoms with Crippen molar-refractivity contribution in [1.82, 2.24) is 10.3 Å². The summed E-state index contributed by atoms with van der Waals surface area (Å²) in [6.07, 6.45) is 6.58. The molecule has 0 atom stereocenters. The predicted molar refractivity (Wildman–Crippen MR) is 88.1 cm³/mol. The van der Waals surface area contributed by atoms with E-state index in [1.54, 1.807) is 11.3 Å². The second-order valence-electron chi connectivity index (χ2n) is 6.33. The molecule has 1 aromatic rings. The minimum Gasteiger partial charge on any atom is -0.295 e. The van der Waals surface area contributed by atoms with Gasteiger partial charge in [0.05, 0.1) is 4.88 Å². The van der Waals surface area contributed by atoms with E-state index in [0.29, 0.717) is 4.88 Å². The van der Waals surface area contributed by atoms with Gasteiger partial charge in [0.25, 0.3) is 5.91 Å². The summed E-state index contributed by atoms with van der Waals surface area (Å²) >= 11 is 1.55. The van der Waals surface area contributed by atoms with E-state index in [1.807, 2.05) is 6.07 Å². The molecule has 1 fully saturated rings. The Hall–Kier alpha value is -0.910. The minimum absolute atomic E-state index is 0.194. The second-order valence-corrected chi connectivity index (χ2v) is 7.50. The van der Waals surface area contributed by atoms with Crippen molar-refractivity contribution in [1.29, 1.82) is 0 Å². The fourth-order valence-electron chi connectivity index (χ4n) is 2.94. The molecule has 0 aromatic carbocycles. The molecular formula is C16H27N3OS. The van der Waals surface area contributed by atoms with Gasteiger partial charge in [-0.2, -0.15) is 0 Å². The van der Waals surface area contributed by atoms with E-state index in [1.165, 1.54) is 37.0 Å². The highest BCUT2D eigenvalue weighted by Gasteiger charge is 2.23. The molecule has 0 unspecified atom stereocenters. The lowest BCUT2D eigenvalue weighted by atomic mass is 10.1. The molecule has 1 aromatic heterocycles. The van der Waals surface area contributed by atoms with E-state index >= 15 is 0 Å². The van der Waals surface area contributed by atoms with Gasteiger partial charge < -0.3 is 0 Å². The molecule has 1 aliphatic rings. The summed E-state index contributed by atoms with van der Waals surface area (Å²) < 4.78 is 0. The SMILES string of the molecule is CC(C)CCN(Cc1ccc(C(=O)NN)s1)C1CCCC1. The van der Waals surface area contributed by atoms with E-state index in [9.17, 15) is 4.79 Å². The minimum atomic E-state index is -0.194. The molecule has 0 saturated heterocycles.